The third-order valence-electron chi connectivity index (χ3n) is 2.85. The molecule has 0 aliphatic heterocycles. The first-order valence-corrected chi connectivity index (χ1v) is 8.48. The molecule has 19 heavy (non-hydrogen) atoms. The largest absolute Gasteiger partial charge is 0.309 e. The van der Waals surface area contributed by atoms with Crippen LogP contribution in [0.1, 0.15) is 23.4 Å². The monoisotopic (exact) mass is 405 g/mol. The highest BCUT2D eigenvalue weighted by atomic mass is 79.9. The number of hydrogen-bond donors (Lipinski definition) is 1. The lowest BCUT2D eigenvalue weighted by Crippen LogP contribution is -2.22. The summed E-state index contributed by atoms with van der Waals surface area (Å²) in [5.41, 5.74) is 0.731. The zero-order chi connectivity index (χ0) is 13.8. The minimum absolute atomic E-state index is 0.134. The maximum absolute atomic E-state index is 13.9. The standard InChI is InChI=1S/C14H14Br2FNS/c1-2-18-13(14-11(16)5-6-19-14)7-9-3-4-10(15)8-12(9)17/h3-6,8,13,18H,2,7H2,1H3. The molecule has 1 atom stereocenters. The molecule has 0 fully saturated rings. The summed E-state index contributed by atoms with van der Waals surface area (Å²) in [4.78, 5) is 1.21. The van der Waals surface area contributed by atoms with Gasteiger partial charge in [-0.25, -0.2) is 4.39 Å². The van der Waals surface area contributed by atoms with Gasteiger partial charge in [-0.3, -0.25) is 0 Å². The molecule has 5 heteroatoms. The summed E-state index contributed by atoms with van der Waals surface area (Å²) in [7, 11) is 0. The number of hydrogen-bond acceptors (Lipinski definition) is 2. The van der Waals surface area contributed by atoms with E-state index in [9.17, 15) is 4.39 Å². The summed E-state index contributed by atoms with van der Waals surface area (Å²) in [5.74, 6) is -0.162. The predicted octanol–water partition coefficient (Wildman–Crippen LogP) is 5.31. The number of thiophene rings is 1. The average Bonchev–Trinajstić information content (AvgIpc) is 2.78. The summed E-state index contributed by atoms with van der Waals surface area (Å²) in [6.07, 6.45) is 0.645. The smallest absolute Gasteiger partial charge is 0.127 e. The molecule has 2 aromatic rings. The lowest BCUT2D eigenvalue weighted by atomic mass is 10.0. The number of rotatable bonds is 5. The summed E-state index contributed by atoms with van der Waals surface area (Å²) < 4.78 is 15.8. The third kappa shape index (κ3) is 3.88. The van der Waals surface area contributed by atoms with Gasteiger partial charge in [0.25, 0.3) is 0 Å². The Kier molecular flexibility index (Phi) is 5.57. The predicted molar refractivity (Wildman–Crippen MR) is 86.2 cm³/mol. The van der Waals surface area contributed by atoms with Gasteiger partial charge >= 0.3 is 0 Å². The van der Waals surface area contributed by atoms with Gasteiger partial charge in [-0.2, -0.15) is 0 Å². The van der Waals surface area contributed by atoms with Crippen LogP contribution in [0.3, 0.4) is 0 Å². The van der Waals surface area contributed by atoms with Crippen molar-refractivity contribution in [1.29, 1.82) is 0 Å². The maximum Gasteiger partial charge on any atom is 0.127 e. The summed E-state index contributed by atoms with van der Waals surface area (Å²) in [6, 6.07) is 7.40. The van der Waals surface area contributed by atoms with E-state index >= 15 is 0 Å². The Morgan fingerprint density at radius 2 is 2.11 bits per heavy atom. The minimum Gasteiger partial charge on any atom is -0.309 e. The summed E-state index contributed by atoms with van der Waals surface area (Å²) >= 11 is 8.52. The second-order valence-corrected chi connectivity index (χ2v) is 6.90. The molecule has 0 aliphatic carbocycles. The fraction of sp³-hybridized carbons (Fsp3) is 0.286. The molecule has 2 rings (SSSR count). The van der Waals surface area contributed by atoms with E-state index in [1.807, 2.05) is 23.6 Å². The molecule has 0 amide bonds. The summed E-state index contributed by atoms with van der Waals surface area (Å²) in [6.45, 7) is 2.92. The third-order valence-corrected chi connectivity index (χ3v) is 5.33. The molecule has 1 aromatic carbocycles. The van der Waals surface area contributed by atoms with Gasteiger partial charge in [0.15, 0.2) is 0 Å². The van der Waals surface area contributed by atoms with Crippen molar-refractivity contribution >= 4 is 43.2 Å². The van der Waals surface area contributed by atoms with E-state index in [0.29, 0.717) is 6.42 Å². The van der Waals surface area contributed by atoms with E-state index < -0.39 is 0 Å². The number of nitrogens with one attached hydrogen (secondary N) is 1. The quantitative estimate of drug-likeness (QED) is 0.709. The van der Waals surface area contributed by atoms with E-state index in [1.54, 1.807) is 11.3 Å². The van der Waals surface area contributed by atoms with Gasteiger partial charge in [-0.1, -0.05) is 28.9 Å². The van der Waals surface area contributed by atoms with Gasteiger partial charge in [0.1, 0.15) is 5.82 Å². The minimum atomic E-state index is -0.162. The normalized spacial score (nSPS) is 12.6. The number of halogens is 3. The van der Waals surface area contributed by atoms with Crippen LogP contribution >= 0.6 is 43.2 Å². The molecule has 1 unspecified atom stereocenters. The van der Waals surface area contributed by atoms with Crippen molar-refractivity contribution in [2.45, 2.75) is 19.4 Å². The van der Waals surface area contributed by atoms with E-state index in [-0.39, 0.29) is 11.9 Å². The molecule has 1 N–H and O–H groups in total. The van der Waals surface area contributed by atoms with E-state index in [0.717, 1.165) is 21.1 Å². The zero-order valence-electron chi connectivity index (χ0n) is 10.4. The fourth-order valence-electron chi connectivity index (χ4n) is 1.97. The van der Waals surface area contributed by atoms with Gasteiger partial charge in [0.05, 0.1) is 0 Å². The average molecular weight is 407 g/mol. The van der Waals surface area contributed by atoms with Gasteiger partial charge < -0.3 is 5.32 Å². The molecule has 0 spiro atoms. The van der Waals surface area contributed by atoms with Crippen molar-refractivity contribution in [1.82, 2.24) is 5.32 Å². The molecule has 0 radical (unpaired) electrons. The van der Waals surface area contributed by atoms with Crippen LogP contribution in [0.15, 0.2) is 38.6 Å². The molecule has 102 valence electrons. The fourth-order valence-corrected chi connectivity index (χ4v) is 4.02. The molecule has 0 bridgehead atoms. The van der Waals surface area contributed by atoms with Gasteiger partial charge in [0, 0.05) is 19.9 Å². The Morgan fingerprint density at radius 1 is 1.32 bits per heavy atom. The maximum atomic E-state index is 13.9. The first kappa shape index (κ1) is 15.2. The highest BCUT2D eigenvalue weighted by molar-refractivity contribution is 9.10. The topological polar surface area (TPSA) is 12.0 Å². The van der Waals surface area contributed by atoms with Crippen molar-refractivity contribution in [3.8, 4) is 0 Å². The molecular weight excluding hydrogens is 393 g/mol. The summed E-state index contributed by atoms with van der Waals surface area (Å²) in [5, 5.41) is 5.46. The van der Waals surface area contributed by atoms with Crippen LogP contribution in [0.5, 0.6) is 0 Å². The Bertz CT molecular complexity index is 556. The highest BCUT2D eigenvalue weighted by Gasteiger charge is 2.17. The molecule has 0 saturated heterocycles. The van der Waals surface area contributed by atoms with Crippen LogP contribution in [-0.2, 0) is 6.42 Å². The van der Waals surface area contributed by atoms with Crippen LogP contribution in [0, 0.1) is 5.82 Å². The van der Waals surface area contributed by atoms with Crippen molar-refractivity contribution in [2.75, 3.05) is 6.54 Å². The molecule has 1 heterocycles. The lowest BCUT2D eigenvalue weighted by molar-refractivity contribution is 0.533. The SMILES string of the molecule is CCNC(Cc1ccc(Br)cc1F)c1sccc1Br. The van der Waals surface area contributed by atoms with E-state index in [4.69, 9.17) is 0 Å². The Hall–Kier alpha value is -0.230. The Balaban J connectivity index is 2.24. The first-order chi connectivity index (χ1) is 9.11. The van der Waals surface area contributed by atoms with Crippen LogP contribution in [-0.4, -0.2) is 6.54 Å². The Morgan fingerprint density at radius 3 is 2.68 bits per heavy atom. The second-order valence-electron chi connectivity index (χ2n) is 4.18. The van der Waals surface area contributed by atoms with Gasteiger partial charge in [0.2, 0.25) is 0 Å². The van der Waals surface area contributed by atoms with Gasteiger partial charge in [-0.05, 0) is 58.0 Å². The molecular formula is C14H14Br2FNS. The van der Waals surface area contributed by atoms with Crippen molar-refractivity contribution < 1.29 is 4.39 Å². The first-order valence-electron chi connectivity index (χ1n) is 6.02. The Labute approximate surface area is 133 Å². The van der Waals surface area contributed by atoms with Crippen LogP contribution in [0.2, 0.25) is 0 Å². The molecule has 0 aliphatic rings. The van der Waals surface area contributed by atoms with Crippen LogP contribution in [0.4, 0.5) is 4.39 Å². The number of benzene rings is 1. The van der Waals surface area contributed by atoms with Crippen molar-refractivity contribution in [3.05, 3.63) is 54.8 Å². The van der Waals surface area contributed by atoms with Crippen LogP contribution in [0.25, 0.3) is 0 Å². The number of likely N-dealkylation sites (N-methyl/N-ethyl adjacent to an activating group) is 1. The van der Waals surface area contributed by atoms with E-state index in [1.165, 1.54) is 10.9 Å². The van der Waals surface area contributed by atoms with Gasteiger partial charge in [-0.15, -0.1) is 11.3 Å². The zero-order valence-corrected chi connectivity index (χ0v) is 14.4. The van der Waals surface area contributed by atoms with E-state index in [2.05, 4.69) is 44.1 Å². The van der Waals surface area contributed by atoms with Crippen molar-refractivity contribution in [3.63, 3.8) is 0 Å². The molecule has 1 aromatic heterocycles. The highest BCUT2D eigenvalue weighted by Crippen LogP contribution is 2.31. The second kappa shape index (κ2) is 6.97. The van der Waals surface area contributed by atoms with Crippen molar-refractivity contribution in [2.24, 2.45) is 0 Å². The molecule has 0 saturated carbocycles. The molecule has 1 nitrogen and oxygen atoms in total. The van der Waals surface area contributed by atoms with Crippen LogP contribution < -0.4 is 5.32 Å². The lowest BCUT2D eigenvalue weighted by Gasteiger charge is -2.18.